The summed E-state index contributed by atoms with van der Waals surface area (Å²) in [5, 5.41) is 9.92. The highest BCUT2D eigenvalue weighted by molar-refractivity contribution is 7.47. The number of ether oxygens (including phenoxy) is 4. The van der Waals surface area contributed by atoms with Crippen molar-refractivity contribution >= 4 is 39.5 Å². The average Bonchev–Trinajstić information content (AvgIpc) is 2.93. The lowest BCUT2D eigenvalue weighted by Crippen LogP contribution is -2.30. The number of carbonyl (C=O) groups excluding carboxylic acids is 4. The first-order chi connectivity index (χ1) is 19.2. The molecule has 0 aromatic carbocycles. The van der Waals surface area contributed by atoms with Gasteiger partial charge in [0.15, 0.2) is 12.2 Å². The highest BCUT2D eigenvalue weighted by Crippen LogP contribution is 2.45. The molecule has 0 radical (unpaired) electrons. The van der Waals surface area contributed by atoms with Crippen LogP contribution >= 0.6 is 15.6 Å². The van der Waals surface area contributed by atoms with E-state index in [1.165, 1.54) is 20.8 Å². The number of hydrogen-bond acceptors (Lipinski definition) is 15. The monoisotopic (exact) mass is 638 g/mol. The minimum atomic E-state index is -4.84. The maximum absolute atomic E-state index is 12.1. The molecule has 0 aromatic rings. The van der Waals surface area contributed by atoms with Gasteiger partial charge in [0, 0.05) is 25.7 Å². The minimum Gasteiger partial charge on any atom is -0.462 e. The lowest BCUT2D eigenvalue weighted by Gasteiger charge is -2.21. The van der Waals surface area contributed by atoms with Crippen molar-refractivity contribution in [2.24, 2.45) is 0 Å². The van der Waals surface area contributed by atoms with E-state index in [4.69, 9.17) is 28.0 Å². The molecule has 0 heterocycles. The molecule has 2 unspecified atom stereocenters. The van der Waals surface area contributed by atoms with E-state index in [0.29, 0.717) is 6.42 Å². The lowest BCUT2D eigenvalue weighted by atomic mass is 10.3. The van der Waals surface area contributed by atoms with Gasteiger partial charge in [-0.25, -0.2) is 9.13 Å². The van der Waals surface area contributed by atoms with Crippen molar-refractivity contribution in [2.45, 2.75) is 78.1 Å². The number of rotatable bonds is 23. The Labute approximate surface area is 237 Å². The summed E-state index contributed by atoms with van der Waals surface area (Å²) < 4.78 is 62.7. The van der Waals surface area contributed by atoms with Crippen molar-refractivity contribution in [3.63, 3.8) is 0 Å². The molecule has 0 saturated carbocycles. The van der Waals surface area contributed by atoms with Gasteiger partial charge in [-0.1, -0.05) is 27.7 Å². The Balaban J connectivity index is 4.75. The third kappa shape index (κ3) is 20.6. The summed E-state index contributed by atoms with van der Waals surface area (Å²) in [5.41, 5.74) is 0. The second kappa shape index (κ2) is 20.9. The molecule has 3 N–H and O–H groups in total. The number of aliphatic hydroxyl groups excluding tert-OH is 1. The number of esters is 4. The predicted octanol–water partition coefficient (Wildman–Crippen LogP) is 1.55. The highest BCUT2D eigenvalue weighted by atomic mass is 31.2. The van der Waals surface area contributed by atoms with Crippen LogP contribution in [-0.2, 0) is 65.4 Å². The van der Waals surface area contributed by atoms with Gasteiger partial charge in [-0.15, -0.1) is 0 Å². The first kappa shape index (κ1) is 39.1. The smallest absolute Gasteiger partial charge is 0.462 e. The molecule has 0 aliphatic heterocycles. The fraction of sp³-hybridized carbons (Fsp3) is 0.818. The summed E-state index contributed by atoms with van der Waals surface area (Å²) in [6.45, 7) is 2.23. The summed E-state index contributed by atoms with van der Waals surface area (Å²) >= 11 is 0. The summed E-state index contributed by atoms with van der Waals surface area (Å²) in [7, 11) is -9.67. The Morgan fingerprint density at radius 1 is 0.585 bits per heavy atom. The maximum atomic E-state index is 12.1. The van der Waals surface area contributed by atoms with Gasteiger partial charge in [0.1, 0.15) is 19.3 Å². The molecule has 0 aliphatic rings. The van der Waals surface area contributed by atoms with Crippen LogP contribution < -0.4 is 0 Å². The number of hydrogen-bond donors (Lipinski definition) is 3. The average molecular weight is 638 g/mol. The second-order valence-electron chi connectivity index (χ2n) is 8.17. The van der Waals surface area contributed by atoms with Crippen molar-refractivity contribution in [1.29, 1.82) is 0 Å². The molecule has 0 saturated heterocycles. The Kier molecular flexibility index (Phi) is 19.9. The van der Waals surface area contributed by atoms with Crippen LogP contribution in [0.4, 0.5) is 0 Å². The van der Waals surface area contributed by atoms with E-state index in [2.05, 4.69) is 9.05 Å². The van der Waals surface area contributed by atoms with Gasteiger partial charge < -0.3 is 33.8 Å². The Hall–Kier alpha value is -1.94. The molecule has 0 spiro atoms. The number of phosphoric acid groups is 2. The minimum absolute atomic E-state index is 0.0197. The molecular formula is C22H40O17P2. The molecule has 5 atom stereocenters. The van der Waals surface area contributed by atoms with E-state index in [1.54, 1.807) is 6.92 Å². The molecule has 19 heteroatoms. The van der Waals surface area contributed by atoms with Crippen LogP contribution in [0.2, 0.25) is 0 Å². The maximum Gasteiger partial charge on any atom is 0.472 e. The largest absolute Gasteiger partial charge is 0.472 e. The first-order valence-electron chi connectivity index (χ1n) is 12.8. The lowest BCUT2D eigenvalue weighted by molar-refractivity contribution is -0.161. The van der Waals surface area contributed by atoms with Crippen molar-refractivity contribution in [3.8, 4) is 0 Å². The van der Waals surface area contributed by atoms with E-state index < -0.39 is 97.5 Å². The standard InChI is InChI=1S/C22H40O17P2/c1-5-9-22(27)33-13-18(39-21(26)8-4)15-37-41(30,31)35-11-16(23)10-34-40(28,29)36-14-17(38-20(25)7-3)12-32-19(24)6-2/h16-18,23H,5-15H2,1-4H3,(H,28,29)(H,30,31)/t16-,17+,18+/m0/s1. The van der Waals surface area contributed by atoms with Gasteiger partial charge in [-0.05, 0) is 6.42 Å². The molecule has 240 valence electrons. The molecule has 0 rings (SSSR count). The van der Waals surface area contributed by atoms with Crippen LogP contribution in [0.5, 0.6) is 0 Å². The van der Waals surface area contributed by atoms with Crippen molar-refractivity contribution in [1.82, 2.24) is 0 Å². The van der Waals surface area contributed by atoms with Gasteiger partial charge >= 0.3 is 39.5 Å². The molecule has 0 fully saturated rings. The van der Waals surface area contributed by atoms with E-state index in [9.17, 15) is 43.2 Å². The fourth-order valence-electron chi connectivity index (χ4n) is 2.36. The second-order valence-corrected chi connectivity index (χ2v) is 11.1. The quantitative estimate of drug-likeness (QED) is 0.0817. The third-order valence-electron chi connectivity index (χ3n) is 4.48. The molecule has 0 bridgehead atoms. The Morgan fingerprint density at radius 2 is 0.951 bits per heavy atom. The molecule has 0 amide bonds. The summed E-state index contributed by atoms with van der Waals surface area (Å²) in [6, 6.07) is 0. The van der Waals surface area contributed by atoms with E-state index in [0.717, 1.165) is 0 Å². The van der Waals surface area contributed by atoms with Gasteiger partial charge in [-0.3, -0.25) is 37.3 Å². The zero-order valence-corrected chi connectivity index (χ0v) is 25.3. The molecule has 0 aromatic heterocycles. The number of aliphatic hydroxyl groups is 1. The molecular weight excluding hydrogens is 598 g/mol. The van der Waals surface area contributed by atoms with Crippen LogP contribution in [0.25, 0.3) is 0 Å². The van der Waals surface area contributed by atoms with E-state index >= 15 is 0 Å². The van der Waals surface area contributed by atoms with Gasteiger partial charge in [-0.2, -0.15) is 0 Å². The zero-order chi connectivity index (χ0) is 31.5. The Bertz CT molecular complexity index is 911. The third-order valence-corrected chi connectivity index (χ3v) is 6.39. The van der Waals surface area contributed by atoms with Gasteiger partial charge in [0.05, 0.1) is 26.4 Å². The molecule has 41 heavy (non-hydrogen) atoms. The summed E-state index contributed by atoms with van der Waals surface area (Å²) in [5.74, 6) is -2.54. The number of carbonyl (C=O) groups is 4. The van der Waals surface area contributed by atoms with Crippen LogP contribution in [0.3, 0.4) is 0 Å². The molecule has 0 aliphatic carbocycles. The van der Waals surface area contributed by atoms with Crippen LogP contribution in [0.1, 0.15) is 59.8 Å². The van der Waals surface area contributed by atoms with E-state index in [1.807, 2.05) is 0 Å². The predicted molar refractivity (Wildman–Crippen MR) is 137 cm³/mol. The van der Waals surface area contributed by atoms with Gasteiger partial charge in [0.25, 0.3) is 0 Å². The summed E-state index contributed by atoms with van der Waals surface area (Å²) in [6.07, 6.45) is -3.52. The van der Waals surface area contributed by atoms with Crippen molar-refractivity contribution in [2.75, 3.05) is 39.6 Å². The highest BCUT2D eigenvalue weighted by Gasteiger charge is 2.30. The van der Waals surface area contributed by atoms with Crippen LogP contribution in [0, 0.1) is 0 Å². The summed E-state index contributed by atoms with van der Waals surface area (Å²) in [4.78, 5) is 65.7. The van der Waals surface area contributed by atoms with Crippen molar-refractivity contribution in [3.05, 3.63) is 0 Å². The van der Waals surface area contributed by atoms with Crippen molar-refractivity contribution < 1.29 is 80.2 Å². The zero-order valence-electron chi connectivity index (χ0n) is 23.5. The molecule has 17 nitrogen and oxygen atoms in total. The number of phosphoric ester groups is 2. The van der Waals surface area contributed by atoms with Gasteiger partial charge in [0.2, 0.25) is 0 Å². The fourth-order valence-corrected chi connectivity index (χ4v) is 3.94. The first-order valence-corrected chi connectivity index (χ1v) is 15.8. The van der Waals surface area contributed by atoms with Crippen LogP contribution in [0.15, 0.2) is 0 Å². The topological polar surface area (TPSA) is 237 Å². The normalized spacial score (nSPS) is 16.4. The SMILES string of the molecule is CCCC(=O)OC[C@H](COP(=O)(O)OC[C@@H](O)COP(=O)(O)OC[C@@H](COC(=O)CC)OC(=O)CC)OC(=O)CC. The van der Waals surface area contributed by atoms with Crippen LogP contribution in [-0.4, -0.2) is 96.7 Å². The Morgan fingerprint density at radius 3 is 1.32 bits per heavy atom. The van der Waals surface area contributed by atoms with E-state index in [-0.39, 0.29) is 25.7 Å².